The summed E-state index contributed by atoms with van der Waals surface area (Å²) >= 11 is 0. The number of aryl methyl sites for hydroxylation is 1. The molecule has 1 N–H and O–H groups in total. The van der Waals surface area contributed by atoms with Gasteiger partial charge in [-0.15, -0.1) is 0 Å². The van der Waals surface area contributed by atoms with Crippen LogP contribution in [0.4, 0.5) is 0 Å². The van der Waals surface area contributed by atoms with Crippen LogP contribution in [0.3, 0.4) is 0 Å². The van der Waals surface area contributed by atoms with Gasteiger partial charge in [0.15, 0.2) is 0 Å². The van der Waals surface area contributed by atoms with Crippen LogP contribution in [0.15, 0.2) is 33.5 Å². The molecule has 0 saturated carbocycles. The Morgan fingerprint density at radius 2 is 2.30 bits per heavy atom. The van der Waals surface area contributed by atoms with Gasteiger partial charge in [0.05, 0.1) is 6.61 Å². The van der Waals surface area contributed by atoms with Crippen molar-refractivity contribution in [1.29, 1.82) is 0 Å². The van der Waals surface area contributed by atoms with Gasteiger partial charge in [-0.2, -0.15) is 0 Å². The molecule has 1 aliphatic heterocycles. The first kappa shape index (κ1) is 13.1. The first-order valence-electron chi connectivity index (χ1n) is 6.72. The van der Waals surface area contributed by atoms with Crippen LogP contribution in [0.2, 0.25) is 0 Å². The molecular weight excluding hydrogens is 258 g/mol. The van der Waals surface area contributed by atoms with Gasteiger partial charge in [0.2, 0.25) is 0 Å². The summed E-state index contributed by atoms with van der Waals surface area (Å²) < 4.78 is 16.5. The Balaban J connectivity index is 1.76. The molecule has 1 aliphatic rings. The van der Waals surface area contributed by atoms with Crippen molar-refractivity contribution in [2.24, 2.45) is 0 Å². The van der Waals surface area contributed by atoms with Crippen molar-refractivity contribution in [3.05, 3.63) is 40.2 Å². The summed E-state index contributed by atoms with van der Waals surface area (Å²) in [6.07, 6.45) is 0.0592. The second-order valence-corrected chi connectivity index (χ2v) is 4.91. The summed E-state index contributed by atoms with van der Waals surface area (Å²) in [4.78, 5) is 11.4. The van der Waals surface area contributed by atoms with Gasteiger partial charge in [0.25, 0.3) is 0 Å². The minimum atomic E-state index is -0.341. The van der Waals surface area contributed by atoms with Gasteiger partial charge in [-0.3, -0.25) is 0 Å². The summed E-state index contributed by atoms with van der Waals surface area (Å²) in [6, 6.07) is 7.03. The largest absolute Gasteiger partial charge is 0.491 e. The van der Waals surface area contributed by atoms with Gasteiger partial charge >= 0.3 is 5.63 Å². The van der Waals surface area contributed by atoms with Crippen LogP contribution >= 0.6 is 0 Å². The van der Waals surface area contributed by atoms with E-state index in [1.165, 1.54) is 6.07 Å². The Morgan fingerprint density at radius 3 is 3.10 bits per heavy atom. The molecule has 0 aliphatic carbocycles. The molecule has 1 aromatic carbocycles. The van der Waals surface area contributed by atoms with E-state index in [0.29, 0.717) is 24.5 Å². The highest BCUT2D eigenvalue weighted by Gasteiger charge is 2.14. The summed E-state index contributed by atoms with van der Waals surface area (Å²) in [6.45, 7) is 4.76. The summed E-state index contributed by atoms with van der Waals surface area (Å²) in [5, 5.41) is 4.17. The summed E-state index contributed by atoms with van der Waals surface area (Å²) in [7, 11) is 0. The van der Waals surface area contributed by atoms with E-state index < -0.39 is 0 Å². The number of fused-ring (bicyclic) bond motifs is 1. The molecule has 1 unspecified atom stereocenters. The van der Waals surface area contributed by atoms with Gasteiger partial charge in [0, 0.05) is 30.6 Å². The number of hydrogen-bond donors (Lipinski definition) is 1. The third-order valence-corrected chi connectivity index (χ3v) is 3.36. The van der Waals surface area contributed by atoms with Crippen molar-refractivity contribution in [3.63, 3.8) is 0 Å². The Kier molecular flexibility index (Phi) is 3.71. The summed E-state index contributed by atoms with van der Waals surface area (Å²) in [5.41, 5.74) is 1.12. The monoisotopic (exact) mass is 275 g/mol. The molecule has 1 fully saturated rings. The lowest BCUT2D eigenvalue weighted by atomic mass is 10.1. The van der Waals surface area contributed by atoms with Crippen LogP contribution in [-0.4, -0.2) is 32.4 Å². The fourth-order valence-corrected chi connectivity index (χ4v) is 2.31. The molecule has 1 atom stereocenters. The third kappa shape index (κ3) is 2.84. The maximum Gasteiger partial charge on any atom is 0.336 e. The van der Waals surface area contributed by atoms with Gasteiger partial charge in [-0.1, -0.05) is 0 Å². The minimum absolute atomic E-state index is 0.0592. The van der Waals surface area contributed by atoms with Gasteiger partial charge < -0.3 is 19.2 Å². The van der Waals surface area contributed by atoms with Crippen molar-refractivity contribution < 1.29 is 13.9 Å². The molecule has 0 bridgehead atoms. The normalized spacial score (nSPS) is 19.1. The number of nitrogens with one attached hydrogen (secondary N) is 1. The number of hydrogen-bond acceptors (Lipinski definition) is 5. The number of ether oxygens (including phenoxy) is 2. The Morgan fingerprint density at radius 1 is 1.40 bits per heavy atom. The van der Waals surface area contributed by atoms with E-state index in [0.717, 1.165) is 24.0 Å². The molecule has 106 valence electrons. The zero-order valence-electron chi connectivity index (χ0n) is 11.3. The van der Waals surface area contributed by atoms with Crippen molar-refractivity contribution >= 4 is 11.0 Å². The highest BCUT2D eigenvalue weighted by Crippen LogP contribution is 2.22. The van der Waals surface area contributed by atoms with Gasteiger partial charge in [-0.05, 0) is 24.6 Å². The fraction of sp³-hybridized carbons (Fsp3) is 0.400. The van der Waals surface area contributed by atoms with Crippen molar-refractivity contribution in [1.82, 2.24) is 5.32 Å². The molecule has 2 aromatic rings. The van der Waals surface area contributed by atoms with Gasteiger partial charge in [0.1, 0.15) is 24.0 Å². The number of benzene rings is 1. The van der Waals surface area contributed by atoms with E-state index in [1.54, 1.807) is 6.07 Å². The van der Waals surface area contributed by atoms with Crippen LogP contribution < -0.4 is 15.7 Å². The van der Waals surface area contributed by atoms with E-state index >= 15 is 0 Å². The standard InChI is InChI=1S/C15H17NO4/c1-10-6-15(17)20-14-7-11(2-3-13(10)14)19-9-12-8-16-4-5-18-12/h2-3,6-7,12,16H,4-5,8-9H2,1H3. The molecular formula is C15H17NO4. The predicted molar refractivity (Wildman–Crippen MR) is 75.3 cm³/mol. The molecule has 20 heavy (non-hydrogen) atoms. The Bertz CT molecular complexity index is 658. The number of morpholine rings is 1. The van der Waals surface area contributed by atoms with E-state index in [9.17, 15) is 4.79 Å². The summed E-state index contributed by atoms with van der Waals surface area (Å²) in [5.74, 6) is 0.681. The predicted octanol–water partition coefficient (Wildman–Crippen LogP) is 1.47. The molecule has 5 nitrogen and oxygen atoms in total. The zero-order valence-corrected chi connectivity index (χ0v) is 11.3. The molecule has 2 heterocycles. The van der Waals surface area contributed by atoms with E-state index in [2.05, 4.69) is 5.32 Å². The van der Waals surface area contributed by atoms with Crippen LogP contribution in [0.25, 0.3) is 11.0 Å². The average Bonchev–Trinajstić information content (AvgIpc) is 2.45. The minimum Gasteiger partial charge on any atom is -0.491 e. The third-order valence-electron chi connectivity index (χ3n) is 3.36. The lowest BCUT2D eigenvalue weighted by Crippen LogP contribution is -2.41. The highest BCUT2D eigenvalue weighted by atomic mass is 16.5. The molecule has 0 spiro atoms. The topological polar surface area (TPSA) is 60.7 Å². The van der Waals surface area contributed by atoms with E-state index in [1.807, 2.05) is 19.1 Å². The van der Waals surface area contributed by atoms with Crippen molar-refractivity contribution in [3.8, 4) is 5.75 Å². The Hall–Kier alpha value is -1.85. The zero-order chi connectivity index (χ0) is 13.9. The molecule has 0 amide bonds. The number of rotatable bonds is 3. The molecule has 0 radical (unpaired) electrons. The van der Waals surface area contributed by atoms with Crippen LogP contribution in [-0.2, 0) is 4.74 Å². The highest BCUT2D eigenvalue weighted by molar-refractivity contribution is 5.81. The van der Waals surface area contributed by atoms with Crippen LogP contribution in [0.5, 0.6) is 5.75 Å². The smallest absolute Gasteiger partial charge is 0.336 e. The second-order valence-electron chi connectivity index (χ2n) is 4.91. The maximum absolute atomic E-state index is 11.4. The van der Waals surface area contributed by atoms with Crippen LogP contribution in [0, 0.1) is 6.92 Å². The van der Waals surface area contributed by atoms with E-state index in [4.69, 9.17) is 13.9 Å². The average molecular weight is 275 g/mol. The van der Waals surface area contributed by atoms with Crippen LogP contribution in [0.1, 0.15) is 5.56 Å². The maximum atomic E-state index is 11.4. The molecule has 1 saturated heterocycles. The molecule has 1 aromatic heterocycles. The molecule has 5 heteroatoms. The first-order chi connectivity index (χ1) is 9.72. The lowest BCUT2D eigenvalue weighted by molar-refractivity contribution is 0.000206. The van der Waals surface area contributed by atoms with Gasteiger partial charge in [-0.25, -0.2) is 4.79 Å². The quantitative estimate of drug-likeness (QED) is 0.860. The second kappa shape index (κ2) is 5.64. The van der Waals surface area contributed by atoms with E-state index in [-0.39, 0.29) is 11.7 Å². The molecule has 3 rings (SSSR count). The van der Waals surface area contributed by atoms with Crippen molar-refractivity contribution in [2.45, 2.75) is 13.0 Å². The fourth-order valence-electron chi connectivity index (χ4n) is 2.31. The SMILES string of the molecule is Cc1cc(=O)oc2cc(OCC3CNCCO3)ccc12. The lowest BCUT2D eigenvalue weighted by Gasteiger charge is -2.23. The van der Waals surface area contributed by atoms with Crippen molar-refractivity contribution in [2.75, 3.05) is 26.3 Å². The first-order valence-corrected chi connectivity index (χ1v) is 6.72. The Labute approximate surface area is 116 Å².